The second-order valence-electron chi connectivity index (χ2n) is 3.97. The second-order valence-corrected chi connectivity index (χ2v) is 3.97. The lowest BCUT2D eigenvalue weighted by atomic mass is 9.93. The summed E-state index contributed by atoms with van der Waals surface area (Å²) in [5.74, 6) is -1.15. The van der Waals surface area contributed by atoms with Gasteiger partial charge in [0.2, 0.25) is 0 Å². The molecule has 0 bridgehead atoms. The van der Waals surface area contributed by atoms with E-state index in [0.717, 1.165) is 6.29 Å². The van der Waals surface area contributed by atoms with Crippen molar-refractivity contribution < 1.29 is 14.7 Å². The van der Waals surface area contributed by atoms with E-state index in [0.29, 0.717) is 6.42 Å². The van der Waals surface area contributed by atoms with Crippen LogP contribution >= 0.6 is 0 Å². The Morgan fingerprint density at radius 2 is 2.08 bits per heavy atom. The third-order valence-electron chi connectivity index (χ3n) is 3.45. The van der Waals surface area contributed by atoms with Crippen molar-refractivity contribution in [1.29, 1.82) is 0 Å². The van der Waals surface area contributed by atoms with Crippen LogP contribution in [0.4, 0.5) is 0 Å². The molecule has 1 N–H and O–H groups in total. The summed E-state index contributed by atoms with van der Waals surface area (Å²) in [6, 6.07) is 0. The van der Waals surface area contributed by atoms with Gasteiger partial charge in [0.05, 0.1) is 5.41 Å². The molecule has 1 rings (SSSR count). The van der Waals surface area contributed by atoms with Gasteiger partial charge >= 0.3 is 5.97 Å². The molecule has 1 aliphatic carbocycles. The zero-order valence-electron chi connectivity index (χ0n) is 7.63. The van der Waals surface area contributed by atoms with Gasteiger partial charge in [-0.15, -0.1) is 0 Å². The standard InChI is InChI=1S/C9H14O3/c1-4-9(7(11)12)6(5-10)8(9,2)3/h5-6H,4H2,1-3H3,(H,11,12). The molecule has 0 amide bonds. The molecular formula is C9H14O3. The average molecular weight is 170 g/mol. The minimum Gasteiger partial charge on any atom is -0.481 e. The number of aldehydes is 1. The SMILES string of the molecule is CCC1(C(=O)O)C(C=O)C1(C)C. The summed E-state index contributed by atoms with van der Waals surface area (Å²) in [6.07, 6.45) is 1.30. The monoisotopic (exact) mass is 170 g/mol. The maximum absolute atomic E-state index is 10.9. The maximum atomic E-state index is 10.9. The summed E-state index contributed by atoms with van der Waals surface area (Å²) in [6.45, 7) is 5.49. The van der Waals surface area contributed by atoms with Gasteiger partial charge in [-0.05, 0) is 11.8 Å². The molecule has 0 aromatic carbocycles. The molecule has 1 aliphatic rings. The molecule has 0 heterocycles. The van der Waals surface area contributed by atoms with Gasteiger partial charge < -0.3 is 9.90 Å². The first-order valence-electron chi connectivity index (χ1n) is 4.13. The predicted octanol–water partition coefficient (Wildman–Crippen LogP) is 1.32. The van der Waals surface area contributed by atoms with Crippen LogP contribution in [0.3, 0.4) is 0 Å². The van der Waals surface area contributed by atoms with Gasteiger partial charge in [-0.1, -0.05) is 20.8 Å². The van der Waals surface area contributed by atoms with Gasteiger partial charge in [0.25, 0.3) is 0 Å². The van der Waals surface area contributed by atoms with Crippen molar-refractivity contribution in [2.24, 2.45) is 16.7 Å². The summed E-state index contributed by atoms with van der Waals surface area (Å²) >= 11 is 0. The Morgan fingerprint density at radius 3 is 2.17 bits per heavy atom. The van der Waals surface area contributed by atoms with Crippen molar-refractivity contribution in [2.75, 3.05) is 0 Å². The number of carbonyl (C=O) groups is 2. The molecule has 12 heavy (non-hydrogen) atoms. The van der Waals surface area contributed by atoms with Crippen LogP contribution < -0.4 is 0 Å². The van der Waals surface area contributed by atoms with Crippen LogP contribution in [-0.2, 0) is 9.59 Å². The van der Waals surface area contributed by atoms with Crippen LogP contribution in [-0.4, -0.2) is 17.4 Å². The first-order valence-corrected chi connectivity index (χ1v) is 4.13. The average Bonchev–Trinajstić information content (AvgIpc) is 2.47. The summed E-state index contributed by atoms with van der Waals surface area (Å²) in [4.78, 5) is 21.5. The molecule has 68 valence electrons. The molecule has 3 heteroatoms. The van der Waals surface area contributed by atoms with Crippen LogP contribution in [0.25, 0.3) is 0 Å². The molecule has 0 aromatic rings. The van der Waals surface area contributed by atoms with Gasteiger partial charge in [-0.3, -0.25) is 4.79 Å². The van der Waals surface area contributed by atoms with E-state index in [1.54, 1.807) is 0 Å². The zero-order valence-corrected chi connectivity index (χ0v) is 7.63. The van der Waals surface area contributed by atoms with E-state index in [-0.39, 0.29) is 11.3 Å². The number of hydrogen-bond acceptors (Lipinski definition) is 2. The summed E-state index contributed by atoms with van der Waals surface area (Å²) in [7, 11) is 0. The topological polar surface area (TPSA) is 54.4 Å². The predicted molar refractivity (Wildman–Crippen MR) is 43.7 cm³/mol. The highest BCUT2D eigenvalue weighted by molar-refractivity contribution is 5.87. The van der Waals surface area contributed by atoms with Crippen LogP contribution in [0.1, 0.15) is 27.2 Å². The Kier molecular flexibility index (Phi) is 1.78. The molecule has 1 saturated carbocycles. The smallest absolute Gasteiger partial charge is 0.310 e. The summed E-state index contributed by atoms with van der Waals surface area (Å²) in [5, 5.41) is 8.98. The van der Waals surface area contributed by atoms with Crippen molar-refractivity contribution in [3.8, 4) is 0 Å². The quantitative estimate of drug-likeness (QED) is 0.650. The van der Waals surface area contributed by atoms with E-state index >= 15 is 0 Å². The number of hydrogen-bond donors (Lipinski definition) is 1. The van der Waals surface area contributed by atoms with E-state index in [1.807, 2.05) is 20.8 Å². The minimum atomic E-state index is -0.841. The molecule has 2 unspecified atom stereocenters. The fraction of sp³-hybridized carbons (Fsp3) is 0.778. The van der Waals surface area contributed by atoms with Crippen molar-refractivity contribution in [2.45, 2.75) is 27.2 Å². The third-order valence-corrected chi connectivity index (χ3v) is 3.45. The molecule has 0 radical (unpaired) electrons. The first-order chi connectivity index (χ1) is 5.45. The van der Waals surface area contributed by atoms with E-state index in [2.05, 4.69) is 0 Å². The molecule has 0 spiro atoms. The largest absolute Gasteiger partial charge is 0.481 e. The van der Waals surface area contributed by atoms with Crippen LogP contribution in [0.2, 0.25) is 0 Å². The van der Waals surface area contributed by atoms with Crippen LogP contribution in [0.15, 0.2) is 0 Å². The molecule has 3 nitrogen and oxygen atoms in total. The molecule has 0 saturated heterocycles. The van der Waals surface area contributed by atoms with Crippen molar-refractivity contribution in [3.05, 3.63) is 0 Å². The Bertz CT molecular complexity index is 232. The lowest BCUT2D eigenvalue weighted by Gasteiger charge is -2.11. The van der Waals surface area contributed by atoms with Gasteiger partial charge in [-0.25, -0.2) is 0 Å². The lowest BCUT2D eigenvalue weighted by molar-refractivity contribution is -0.145. The third kappa shape index (κ3) is 0.713. The van der Waals surface area contributed by atoms with E-state index in [9.17, 15) is 9.59 Å². The van der Waals surface area contributed by atoms with Gasteiger partial charge in [0.1, 0.15) is 6.29 Å². The summed E-state index contributed by atoms with van der Waals surface area (Å²) in [5.41, 5.74) is -1.16. The lowest BCUT2D eigenvalue weighted by Crippen LogP contribution is -2.20. The maximum Gasteiger partial charge on any atom is 0.310 e. The molecule has 2 atom stereocenters. The number of aliphatic carboxylic acids is 1. The molecule has 1 fully saturated rings. The number of rotatable bonds is 3. The number of carbonyl (C=O) groups excluding carboxylic acids is 1. The molecule has 0 aliphatic heterocycles. The second kappa shape index (κ2) is 2.31. The van der Waals surface area contributed by atoms with Crippen molar-refractivity contribution in [3.63, 3.8) is 0 Å². The Morgan fingerprint density at radius 1 is 1.58 bits per heavy atom. The molecular weight excluding hydrogens is 156 g/mol. The zero-order chi connectivity index (χ0) is 9.57. The van der Waals surface area contributed by atoms with E-state index < -0.39 is 11.4 Å². The van der Waals surface area contributed by atoms with Gasteiger partial charge in [-0.2, -0.15) is 0 Å². The highest BCUT2D eigenvalue weighted by atomic mass is 16.4. The summed E-state index contributed by atoms with van der Waals surface area (Å²) < 4.78 is 0. The van der Waals surface area contributed by atoms with E-state index in [4.69, 9.17) is 5.11 Å². The van der Waals surface area contributed by atoms with Gasteiger partial charge in [0.15, 0.2) is 0 Å². The van der Waals surface area contributed by atoms with Crippen LogP contribution in [0.5, 0.6) is 0 Å². The fourth-order valence-electron chi connectivity index (χ4n) is 2.42. The Hall–Kier alpha value is -0.860. The number of carboxylic acids is 1. The Balaban J connectivity index is 3.01. The highest BCUT2D eigenvalue weighted by Crippen LogP contribution is 2.69. The molecule has 0 aromatic heterocycles. The van der Waals surface area contributed by atoms with Gasteiger partial charge in [0, 0.05) is 5.92 Å². The number of carboxylic acid groups (broad SMARTS) is 1. The Labute approximate surface area is 71.8 Å². The minimum absolute atomic E-state index is 0.313. The fourth-order valence-corrected chi connectivity index (χ4v) is 2.42. The highest BCUT2D eigenvalue weighted by Gasteiger charge is 2.74. The normalized spacial score (nSPS) is 37.4. The van der Waals surface area contributed by atoms with Crippen LogP contribution in [0, 0.1) is 16.7 Å². The van der Waals surface area contributed by atoms with Crippen molar-refractivity contribution in [1.82, 2.24) is 0 Å². The first kappa shape index (κ1) is 9.23. The van der Waals surface area contributed by atoms with Crippen molar-refractivity contribution >= 4 is 12.3 Å². The van der Waals surface area contributed by atoms with E-state index in [1.165, 1.54) is 0 Å².